The number of benzene rings is 1. The van der Waals surface area contributed by atoms with Crippen LogP contribution in [0.25, 0.3) is 10.4 Å². The van der Waals surface area contributed by atoms with Crippen LogP contribution in [0.15, 0.2) is 30.3 Å². The molecule has 84 valence electrons. The Hall–Kier alpha value is -2.32. The van der Waals surface area contributed by atoms with E-state index in [0.29, 0.717) is 16.1 Å². The van der Waals surface area contributed by atoms with E-state index in [1.165, 1.54) is 11.3 Å². The van der Waals surface area contributed by atoms with E-state index in [9.17, 15) is 4.79 Å². The van der Waals surface area contributed by atoms with Crippen molar-refractivity contribution in [3.8, 4) is 16.5 Å². The van der Waals surface area contributed by atoms with Crippen molar-refractivity contribution < 1.29 is 4.79 Å². The van der Waals surface area contributed by atoms with Gasteiger partial charge in [0.05, 0.1) is 17.3 Å². The fourth-order valence-electron chi connectivity index (χ4n) is 1.45. The fourth-order valence-corrected chi connectivity index (χ4v) is 2.39. The van der Waals surface area contributed by atoms with E-state index in [1.807, 2.05) is 18.2 Å². The monoisotopic (exact) mass is 243 g/mol. The summed E-state index contributed by atoms with van der Waals surface area (Å²) in [6.07, 6.45) is 0. The first-order valence-corrected chi connectivity index (χ1v) is 5.63. The molecule has 0 fully saturated rings. The Bertz CT molecular complexity index is 608. The number of nitrogens with two attached hydrogens (primary N) is 2. The second-order valence-electron chi connectivity index (χ2n) is 3.45. The van der Waals surface area contributed by atoms with Crippen molar-refractivity contribution >= 4 is 22.9 Å². The molecule has 4 N–H and O–H groups in total. The Labute approximate surface area is 102 Å². The van der Waals surface area contributed by atoms with Crippen LogP contribution in [0.5, 0.6) is 0 Å². The minimum atomic E-state index is -0.521. The van der Waals surface area contributed by atoms with Crippen molar-refractivity contribution in [2.75, 3.05) is 5.73 Å². The van der Waals surface area contributed by atoms with Crippen LogP contribution in [-0.4, -0.2) is 5.91 Å². The largest absolute Gasteiger partial charge is 0.397 e. The van der Waals surface area contributed by atoms with Crippen molar-refractivity contribution in [2.24, 2.45) is 5.73 Å². The average molecular weight is 243 g/mol. The number of nitrogens with zero attached hydrogens (tertiary/aromatic N) is 1. The highest BCUT2D eigenvalue weighted by atomic mass is 32.1. The van der Waals surface area contributed by atoms with Crippen LogP contribution < -0.4 is 11.5 Å². The van der Waals surface area contributed by atoms with E-state index in [2.05, 4.69) is 0 Å². The van der Waals surface area contributed by atoms with Crippen molar-refractivity contribution in [3.63, 3.8) is 0 Å². The third kappa shape index (κ3) is 2.12. The molecule has 5 heteroatoms. The second-order valence-corrected chi connectivity index (χ2v) is 4.50. The van der Waals surface area contributed by atoms with Gasteiger partial charge in [0.15, 0.2) is 0 Å². The van der Waals surface area contributed by atoms with E-state index in [0.717, 1.165) is 10.4 Å². The number of anilines is 1. The molecule has 0 saturated carbocycles. The number of carbonyl (C=O) groups is 1. The molecular weight excluding hydrogens is 234 g/mol. The van der Waals surface area contributed by atoms with Gasteiger partial charge in [-0.25, -0.2) is 0 Å². The molecule has 4 nitrogen and oxygen atoms in total. The lowest BCUT2D eigenvalue weighted by Gasteiger charge is -1.96. The molecule has 0 aliphatic carbocycles. The van der Waals surface area contributed by atoms with Crippen LogP contribution in [0.1, 0.15) is 15.2 Å². The summed E-state index contributed by atoms with van der Waals surface area (Å²) in [5.74, 6) is -0.521. The molecule has 2 rings (SSSR count). The zero-order valence-electron chi connectivity index (χ0n) is 8.81. The van der Waals surface area contributed by atoms with Gasteiger partial charge < -0.3 is 11.5 Å². The standard InChI is InChI=1S/C12H9N3OS/c13-6-7-1-3-8(4-2-7)10-5-9(14)11(17-10)12(15)16/h1-5H,14H2,(H2,15,16). The van der Waals surface area contributed by atoms with Crippen LogP contribution in [0.2, 0.25) is 0 Å². The molecule has 0 spiro atoms. The normalized spacial score (nSPS) is 9.82. The zero-order chi connectivity index (χ0) is 12.4. The molecule has 1 amide bonds. The highest BCUT2D eigenvalue weighted by Crippen LogP contribution is 2.32. The van der Waals surface area contributed by atoms with Gasteiger partial charge in [-0.3, -0.25) is 4.79 Å². The van der Waals surface area contributed by atoms with Crippen molar-refractivity contribution in [3.05, 3.63) is 40.8 Å². The first-order chi connectivity index (χ1) is 8.11. The number of carbonyl (C=O) groups excluding carboxylic acids is 1. The number of hydrogen-bond acceptors (Lipinski definition) is 4. The Morgan fingerprint density at radius 2 is 1.94 bits per heavy atom. The van der Waals surface area contributed by atoms with Gasteiger partial charge >= 0.3 is 0 Å². The summed E-state index contributed by atoms with van der Waals surface area (Å²) in [6.45, 7) is 0. The lowest BCUT2D eigenvalue weighted by Crippen LogP contribution is -2.10. The first kappa shape index (κ1) is 11.2. The molecule has 0 aliphatic rings. The molecule has 1 aromatic heterocycles. The maximum Gasteiger partial charge on any atom is 0.260 e. The average Bonchev–Trinajstić information content (AvgIpc) is 2.71. The topological polar surface area (TPSA) is 92.9 Å². The zero-order valence-corrected chi connectivity index (χ0v) is 9.62. The van der Waals surface area contributed by atoms with Crippen LogP contribution in [-0.2, 0) is 0 Å². The molecular formula is C12H9N3OS. The molecule has 0 bridgehead atoms. The van der Waals surface area contributed by atoms with E-state index in [1.54, 1.807) is 18.2 Å². The summed E-state index contributed by atoms with van der Waals surface area (Å²) in [6, 6.07) is 10.8. The summed E-state index contributed by atoms with van der Waals surface area (Å²) < 4.78 is 0. The van der Waals surface area contributed by atoms with Crippen molar-refractivity contribution in [1.82, 2.24) is 0 Å². The van der Waals surface area contributed by atoms with Gasteiger partial charge in [0, 0.05) is 4.88 Å². The lowest BCUT2D eigenvalue weighted by atomic mass is 10.1. The lowest BCUT2D eigenvalue weighted by molar-refractivity contribution is 0.100. The Morgan fingerprint density at radius 3 is 2.41 bits per heavy atom. The number of nitriles is 1. The molecule has 0 saturated heterocycles. The van der Waals surface area contributed by atoms with Crippen LogP contribution in [0.3, 0.4) is 0 Å². The summed E-state index contributed by atoms with van der Waals surface area (Å²) in [5, 5.41) is 8.69. The summed E-state index contributed by atoms with van der Waals surface area (Å²) in [5.41, 5.74) is 12.8. The molecule has 0 radical (unpaired) electrons. The van der Waals surface area contributed by atoms with Gasteiger partial charge in [-0.15, -0.1) is 11.3 Å². The number of amides is 1. The third-order valence-corrected chi connectivity index (χ3v) is 3.50. The number of hydrogen-bond donors (Lipinski definition) is 2. The Balaban J connectivity index is 2.43. The van der Waals surface area contributed by atoms with Crippen LogP contribution in [0, 0.1) is 11.3 Å². The molecule has 0 aliphatic heterocycles. The fraction of sp³-hybridized carbons (Fsp3) is 0. The number of primary amides is 1. The van der Waals surface area contributed by atoms with Gasteiger partial charge in [0.1, 0.15) is 4.88 Å². The Morgan fingerprint density at radius 1 is 1.29 bits per heavy atom. The summed E-state index contributed by atoms with van der Waals surface area (Å²) in [4.78, 5) is 12.3. The van der Waals surface area contributed by atoms with Gasteiger partial charge in [0.25, 0.3) is 5.91 Å². The number of nitrogen functional groups attached to an aromatic ring is 1. The van der Waals surface area contributed by atoms with Gasteiger partial charge in [0.2, 0.25) is 0 Å². The maximum atomic E-state index is 11.1. The third-order valence-electron chi connectivity index (χ3n) is 2.28. The molecule has 0 unspecified atom stereocenters. The molecule has 17 heavy (non-hydrogen) atoms. The quantitative estimate of drug-likeness (QED) is 0.844. The molecule has 1 heterocycles. The minimum absolute atomic E-state index is 0.365. The Kier molecular flexibility index (Phi) is 2.81. The predicted octanol–water partition coefficient (Wildman–Crippen LogP) is 1.97. The van der Waals surface area contributed by atoms with Crippen molar-refractivity contribution in [1.29, 1.82) is 5.26 Å². The van der Waals surface area contributed by atoms with Crippen LogP contribution in [0.4, 0.5) is 5.69 Å². The summed E-state index contributed by atoms with van der Waals surface area (Å²) >= 11 is 1.25. The minimum Gasteiger partial charge on any atom is -0.397 e. The van der Waals surface area contributed by atoms with E-state index >= 15 is 0 Å². The van der Waals surface area contributed by atoms with Crippen LogP contribution >= 0.6 is 11.3 Å². The predicted molar refractivity (Wildman–Crippen MR) is 67.4 cm³/mol. The smallest absolute Gasteiger partial charge is 0.260 e. The van der Waals surface area contributed by atoms with E-state index in [-0.39, 0.29) is 0 Å². The highest BCUT2D eigenvalue weighted by molar-refractivity contribution is 7.18. The summed E-state index contributed by atoms with van der Waals surface area (Å²) in [7, 11) is 0. The molecule has 0 atom stereocenters. The molecule has 1 aromatic carbocycles. The number of rotatable bonds is 2. The van der Waals surface area contributed by atoms with E-state index in [4.69, 9.17) is 16.7 Å². The second kappa shape index (κ2) is 4.28. The van der Waals surface area contributed by atoms with Gasteiger partial charge in [-0.2, -0.15) is 5.26 Å². The van der Waals surface area contributed by atoms with E-state index < -0.39 is 5.91 Å². The number of thiophene rings is 1. The first-order valence-electron chi connectivity index (χ1n) is 4.81. The van der Waals surface area contributed by atoms with Gasteiger partial charge in [-0.05, 0) is 23.8 Å². The van der Waals surface area contributed by atoms with Crippen molar-refractivity contribution in [2.45, 2.75) is 0 Å². The van der Waals surface area contributed by atoms with Gasteiger partial charge in [-0.1, -0.05) is 12.1 Å². The molecule has 2 aromatic rings. The SMILES string of the molecule is N#Cc1ccc(-c2cc(N)c(C(N)=O)s2)cc1. The maximum absolute atomic E-state index is 11.1. The highest BCUT2D eigenvalue weighted by Gasteiger charge is 2.12.